The highest BCUT2D eigenvalue weighted by Crippen LogP contribution is 2.24. The van der Waals surface area contributed by atoms with Crippen molar-refractivity contribution in [3.63, 3.8) is 0 Å². The molecule has 0 saturated carbocycles. The number of amides is 2. The summed E-state index contributed by atoms with van der Waals surface area (Å²) in [7, 11) is 0. The van der Waals surface area contributed by atoms with E-state index in [-0.39, 0.29) is 11.8 Å². The number of carbonyl (C=O) groups excluding carboxylic acids is 2. The second-order valence-electron chi connectivity index (χ2n) is 6.03. The number of fused-ring (bicyclic) bond motifs is 1. The van der Waals surface area contributed by atoms with E-state index < -0.39 is 0 Å². The fraction of sp³-hybridized carbons (Fsp3) is 0.190. The quantitative estimate of drug-likeness (QED) is 0.673. The number of benzene rings is 2. The monoisotopic (exact) mass is 347 g/mol. The van der Waals surface area contributed by atoms with Gasteiger partial charge in [0, 0.05) is 31.0 Å². The minimum absolute atomic E-state index is 0.0658. The Morgan fingerprint density at radius 3 is 2.38 bits per heavy atom. The van der Waals surface area contributed by atoms with Crippen molar-refractivity contribution in [1.29, 1.82) is 0 Å². The molecule has 3 aromatic rings. The Bertz CT molecular complexity index is 923. The highest BCUT2D eigenvalue weighted by atomic mass is 16.2. The van der Waals surface area contributed by atoms with Crippen LogP contribution in [0.2, 0.25) is 0 Å². The zero-order valence-electron chi connectivity index (χ0n) is 14.7. The van der Waals surface area contributed by atoms with Crippen molar-refractivity contribution in [2.75, 3.05) is 13.1 Å². The number of rotatable bonds is 6. The molecule has 2 aromatic carbocycles. The van der Waals surface area contributed by atoms with E-state index in [9.17, 15) is 9.59 Å². The Morgan fingerprint density at radius 2 is 1.62 bits per heavy atom. The van der Waals surface area contributed by atoms with Crippen molar-refractivity contribution in [1.82, 2.24) is 15.6 Å². The molecule has 0 aliphatic carbocycles. The summed E-state index contributed by atoms with van der Waals surface area (Å²) in [6, 6.07) is 19.3. The number of carbonyl (C=O) groups is 2. The third-order valence-corrected chi connectivity index (χ3v) is 4.04. The molecule has 2 N–H and O–H groups in total. The van der Waals surface area contributed by atoms with E-state index in [1.165, 1.54) is 6.92 Å². The van der Waals surface area contributed by atoms with Gasteiger partial charge in [-0.2, -0.15) is 0 Å². The van der Waals surface area contributed by atoms with Crippen LogP contribution in [0.15, 0.2) is 60.7 Å². The maximum atomic E-state index is 12.7. The van der Waals surface area contributed by atoms with Crippen LogP contribution in [-0.2, 0) is 4.79 Å². The van der Waals surface area contributed by atoms with Gasteiger partial charge in [-0.1, -0.05) is 48.5 Å². The molecule has 0 saturated heterocycles. The second-order valence-corrected chi connectivity index (χ2v) is 6.03. The Labute approximate surface area is 152 Å². The molecule has 0 atom stereocenters. The average Bonchev–Trinajstić information content (AvgIpc) is 2.67. The summed E-state index contributed by atoms with van der Waals surface area (Å²) in [5.41, 5.74) is 3.14. The molecule has 0 fully saturated rings. The molecule has 0 aliphatic rings. The summed E-state index contributed by atoms with van der Waals surface area (Å²) in [5.74, 6) is -0.201. The van der Waals surface area contributed by atoms with Gasteiger partial charge >= 0.3 is 0 Å². The normalized spacial score (nSPS) is 10.5. The molecule has 1 heterocycles. The summed E-state index contributed by atoms with van der Waals surface area (Å²) in [5, 5.41) is 6.47. The lowest BCUT2D eigenvalue weighted by atomic mass is 10.0. The minimum atomic E-state index is -0.136. The molecule has 1 aromatic heterocycles. The number of aromatic nitrogens is 1. The number of hydrogen-bond acceptors (Lipinski definition) is 3. The van der Waals surface area contributed by atoms with E-state index in [0.717, 1.165) is 22.2 Å². The first kappa shape index (κ1) is 17.6. The van der Waals surface area contributed by atoms with Crippen LogP contribution in [0.5, 0.6) is 0 Å². The first-order valence-corrected chi connectivity index (χ1v) is 8.63. The van der Waals surface area contributed by atoms with Crippen molar-refractivity contribution < 1.29 is 9.59 Å². The molecule has 0 unspecified atom stereocenters. The van der Waals surface area contributed by atoms with Gasteiger partial charge in [-0.3, -0.25) is 9.59 Å². The first-order valence-electron chi connectivity index (χ1n) is 8.63. The highest BCUT2D eigenvalue weighted by molar-refractivity contribution is 6.07. The third-order valence-electron chi connectivity index (χ3n) is 4.04. The summed E-state index contributed by atoms with van der Waals surface area (Å²) in [6.07, 6.45) is 0.680. The summed E-state index contributed by atoms with van der Waals surface area (Å²) >= 11 is 0. The van der Waals surface area contributed by atoms with E-state index in [4.69, 9.17) is 4.98 Å². The lowest BCUT2D eigenvalue weighted by Crippen LogP contribution is -2.29. The van der Waals surface area contributed by atoms with Crippen LogP contribution in [0.3, 0.4) is 0 Å². The Hall–Kier alpha value is -3.21. The van der Waals surface area contributed by atoms with E-state index in [1.54, 1.807) is 0 Å². The number of nitrogens with one attached hydrogen (secondary N) is 2. The van der Waals surface area contributed by atoms with Gasteiger partial charge in [0.05, 0.1) is 16.8 Å². The fourth-order valence-electron chi connectivity index (χ4n) is 2.77. The van der Waals surface area contributed by atoms with Gasteiger partial charge in [0.15, 0.2) is 0 Å². The van der Waals surface area contributed by atoms with Crippen molar-refractivity contribution in [3.8, 4) is 11.3 Å². The van der Waals surface area contributed by atoms with Crippen molar-refractivity contribution in [3.05, 3.63) is 66.2 Å². The summed E-state index contributed by atoms with van der Waals surface area (Å²) < 4.78 is 0. The van der Waals surface area contributed by atoms with Crippen LogP contribution in [0.4, 0.5) is 0 Å². The SMILES string of the molecule is CC(=O)NCCCNC(=O)c1cc(-c2ccccc2)nc2ccccc12. The molecule has 0 spiro atoms. The molecule has 5 nitrogen and oxygen atoms in total. The van der Waals surface area contributed by atoms with Crippen LogP contribution in [0.25, 0.3) is 22.2 Å². The van der Waals surface area contributed by atoms with Crippen LogP contribution >= 0.6 is 0 Å². The van der Waals surface area contributed by atoms with Crippen LogP contribution < -0.4 is 10.6 Å². The van der Waals surface area contributed by atoms with Gasteiger partial charge in [-0.15, -0.1) is 0 Å². The molecule has 5 heteroatoms. The molecule has 3 rings (SSSR count). The largest absolute Gasteiger partial charge is 0.356 e. The third kappa shape index (κ3) is 4.25. The van der Waals surface area contributed by atoms with Crippen LogP contribution in [0.1, 0.15) is 23.7 Å². The van der Waals surface area contributed by atoms with Crippen LogP contribution in [-0.4, -0.2) is 29.9 Å². The van der Waals surface area contributed by atoms with E-state index in [1.807, 2.05) is 60.7 Å². The standard InChI is InChI=1S/C21H21N3O2/c1-15(25)22-12-7-13-23-21(26)18-14-20(16-8-3-2-4-9-16)24-19-11-6-5-10-17(18)19/h2-6,8-11,14H,7,12-13H2,1H3,(H,22,25)(H,23,26). The molecule has 26 heavy (non-hydrogen) atoms. The Morgan fingerprint density at radius 1 is 0.923 bits per heavy atom. The van der Waals surface area contributed by atoms with E-state index in [0.29, 0.717) is 25.1 Å². The van der Waals surface area contributed by atoms with Gasteiger partial charge in [0.25, 0.3) is 5.91 Å². The number of para-hydroxylation sites is 1. The maximum Gasteiger partial charge on any atom is 0.252 e. The molecular weight excluding hydrogens is 326 g/mol. The summed E-state index contributed by atoms with van der Waals surface area (Å²) in [4.78, 5) is 28.3. The Balaban J connectivity index is 1.84. The second kappa shape index (κ2) is 8.25. The van der Waals surface area contributed by atoms with Crippen LogP contribution in [0, 0.1) is 0 Å². The zero-order valence-corrected chi connectivity index (χ0v) is 14.7. The van der Waals surface area contributed by atoms with Crippen molar-refractivity contribution in [2.45, 2.75) is 13.3 Å². The number of nitrogens with zero attached hydrogens (tertiary/aromatic N) is 1. The van der Waals surface area contributed by atoms with Gasteiger partial charge in [0.2, 0.25) is 5.91 Å². The van der Waals surface area contributed by atoms with E-state index >= 15 is 0 Å². The number of hydrogen-bond donors (Lipinski definition) is 2. The fourth-order valence-corrected chi connectivity index (χ4v) is 2.77. The molecule has 0 aliphatic heterocycles. The predicted molar refractivity (Wildman–Crippen MR) is 103 cm³/mol. The topological polar surface area (TPSA) is 71.1 Å². The molecule has 0 bridgehead atoms. The average molecular weight is 347 g/mol. The zero-order chi connectivity index (χ0) is 18.4. The molecule has 2 amide bonds. The lowest BCUT2D eigenvalue weighted by molar-refractivity contribution is -0.118. The lowest BCUT2D eigenvalue weighted by Gasteiger charge is -2.11. The maximum absolute atomic E-state index is 12.7. The van der Waals surface area contributed by atoms with Gasteiger partial charge in [-0.05, 0) is 18.6 Å². The number of pyridine rings is 1. The molecule has 132 valence electrons. The summed E-state index contributed by atoms with van der Waals surface area (Å²) in [6.45, 7) is 2.52. The predicted octanol–water partition coefficient (Wildman–Crippen LogP) is 3.16. The van der Waals surface area contributed by atoms with Crippen molar-refractivity contribution >= 4 is 22.7 Å². The van der Waals surface area contributed by atoms with Crippen molar-refractivity contribution in [2.24, 2.45) is 0 Å². The van der Waals surface area contributed by atoms with E-state index in [2.05, 4.69) is 10.6 Å². The van der Waals surface area contributed by atoms with Gasteiger partial charge < -0.3 is 10.6 Å². The van der Waals surface area contributed by atoms with Gasteiger partial charge in [-0.25, -0.2) is 4.98 Å². The molecule has 0 radical (unpaired) electrons. The smallest absolute Gasteiger partial charge is 0.252 e. The minimum Gasteiger partial charge on any atom is -0.356 e. The molecular formula is C21H21N3O2. The first-order chi connectivity index (χ1) is 12.6. The highest BCUT2D eigenvalue weighted by Gasteiger charge is 2.13. The van der Waals surface area contributed by atoms with Gasteiger partial charge in [0.1, 0.15) is 0 Å². The Kier molecular flexibility index (Phi) is 5.59.